The quantitative estimate of drug-likeness (QED) is 0.657. The van der Waals surface area contributed by atoms with Crippen molar-refractivity contribution in [3.8, 4) is 0 Å². The first kappa shape index (κ1) is 16.7. The highest BCUT2D eigenvalue weighted by Gasteiger charge is 2.34. The minimum atomic E-state index is -0.965. The lowest BCUT2D eigenvalue weighted by Gasteiger charge is -2.24. The third kappa shape index (κ3) is 3.77. The van der Waals surface area contributed by atoms with Gasteiger partial charge >= 0.3 is 11.9 Å². The number of amides is 1. The van der Waals surface area contributed by atoms with Crippen molar-refractivity contribution in [2.24, 2.45) is 11.8 Å². The third-order valence-electron chi connectivity index (χ3n) is 3.99. The number of allylic oxidation sites excluding steroid dienone is 2. The predicted molar refractivity (Wildman–Crippen MR) is 84.1 cm³/mol. The van der Waals surface area contributed by atoms with E-state index < -0.39 is 23.8 Å². The Morgan fingerprint density at radius 2 is 1.83 bits per heavy atom. The molecule has 1 amide bonds. The van der Waals surface area contributed by atoms with Crippen molar-refractivity contribution in [1.29, 1.82) is 0 Å². The number of benzene rings is 1. The van der Waals surface area contributed by atoms with Gasteiger partial charge in [0.25, 0.3) is 0 Å². The fourth-order valence-electron chi connectivity index (χ4n) is 2.65. The molecular formula is C17H19NO5. The number of carboxylic acids is 1. The van der Waals surface area contributed by atoms with Crippen LogP contribution in [0.1, 0.15) is 28.8 Å². The van der Waals surface area contributed by atoms with E-state index in [1.165, 1.54) is 7.11 Å². The predicted octanol–water partition coefficient (Wildman–Crippen LogP) is 2.39. The molecule has 0 radical (unpaired) electrons. The molecule has 23 heavy (non-hydrogen) atoms. The summed E-state index contributed by atoms with van der Waals surface area (Å²) in [6.45, 7) is 1.76. The average molecular weight is 317 g/mol. The van der Waals surface area contributed by atoms with E-state index in [0.29, 0.717) is 29.7 Å². The molecule has 0 bridgehead atoms. The van der Waals surface area contributed by atoms with Crippen LogP contribution in [0.3, 0.4) is 0 Å². The number of esters is 1. The largest absolute Gasteiger partial charge is 0.481 e. The first-order valence-electron chi connectivity index (χ1n) is 7.31. The number of nitrogens with one attached hydrogen (secondary N) is 1. The minimum absolute atomic E-state index is 0.323. The number of rotatable bonds is 4. The van der Waals surface area contributed by atoms with Gasteiger partial charge in [-0.3, -0.25) is 9.59 Å². The maximum atomic E-state index is 12.4. The van der Waals surface area contributed by atoms with Crippen LogP contribution >= 0.6 is 0 Å². The molecule has 6 heteroatoms. The number of aliphatic carboxylic acids is 1. The van der Waals surface area contributed by atoms with Gasteiger partial charge < -0.3 is 15.2 Å². The lowest BCUT2D eigenvalue weighted by Crippen LogP contribution is -2.34. The maximum Gasteiger partial charge on any atom is 0.337 e. The molecule has 0 saturated heterocycles. The van der Waals surface area contributed by atoms with Gasteiger partial charge in [0.1, 0.15) is 0 Å². The zero-order valence-electron chi connectivity index (χ0n) is 13.0. The maximum absolute atomic E-state index is 12.4. The van der Waals surface area contributed by atoms with Gasteiger partial charge in [-0.2, -0.15) is 0 Å². The number of hydrogen-bond acceptors (Lipinski definition) is 4. The molecule has 6 nitrogen and oxygen atoms in total. The average Bonchev–Trinajstić information content (AvgIpc) is 2.55. The molecule has 0 aromatic heterocycles. The van der Waals surface area contributed by atoms with Gasteiger partial charge in [-0.05, 0) is 43.5 Å². The summed E-state index contributed by atoms with van der Waals surface area (Å²) in [5, 5.41) is 12.0. The molecule has 1 aromatic rings. The molecule has 0 aliphatic heterocycles. The molecule has 1 aliphatic carbocycles. The monoisotopic (exact) mass is 317 g/mol. The summed E-state index contributed by atoms with van der Waals surface area (Å²) in [6, 6.07) is 4.80. The lowest BCUT2D eigenvalue weighted by molar-refractivity contribution is -0.146. The smallest absolute Gasteiger partial charge is 0.337 e. The first-order valence-corrected chi connectivity index (χ1v) is 7.31. The fraction of sp³-hybridized carbons (Fsp3) is 0.353. The van der Waals surface area contributed by atoms with Crippen LogP contribution < -0.4 is 5.32 Å². The van der Waals surface area contributed by atoms with Crippen molar-refractivity contribution in [2.75, 3.05) is 12.4 Å². The van der Waals surface area contributed by atoms with Crippen molar-refractivity contribution in [3.63, 3.8) is 0 Å². The number of ether oxygens (including phenoxy) is 1. The van der Waals surface area contributed by atoms with E-state index in [4.69, 9.17) is 0 Å². The van der Waals surface area contributed by atoms with Gasteiger partial charge in [0.2, 0.25) is 5.91 Å². The summed E-state index contributed by atoms with van der Waals surface area (Å²) in [6.07, 6.45) is 4.38. The van der Waals surface area contributed by atoms with Crippen molar-refractivity contribution in [2.45, 2.75) is 19.8 Å². The van der Waals surface area contributed by atoms with E-state index in [1.54, 1.807) is 31.2 Å². The van der Waals surface area contributed by atoms with Crippen LogP contribution in [0.25, 0.3) is 0 Å². The van der Waals surface area contributed by atoms with Crippen molar-refractivity contribution in [1.82, 2.24) is 0 Å². The summed E-state index contributed by atoms with van der Waals surface area (Å²) in [5.74, 6) is -3.05. The van der Waals surface area contributed by atoms with Crippen LogP contribution in [0.4, 0.5) is 5.69 Å². The second-order valence-electron chi connectivity index (χ2n) is 5.50. The Bertz CT molecular complexity index is 665. The van der Waals surface area contributed by atoms with Crippen molar-refractivity contribution in [3.05, 3.63) is 41.5 Å². The molecule has 2 N–H and O–H groups in total. The molecular weight excluding hydrogens is 298 g/mol. The Balaban J connectivity index is 2.15. The van der Waals surface area contributed by atoms with Gasteiger partial charge in [-0.1, -0.05) is 12.2 Å². The summed E-state index contributed by atoms with van der Waals surface area (Å²) >= 11 is 0. The Hall–Kier alpha value is -2.63. The highest BCUT2D eigenvalue weighted by atomic mass is 16.5. The van der Waals surface area contributed by atoms with Gasteiger partial charge in [-0.25, -0.2) is 4.79 Å². The number of methoxy groups -OCH3 is 1. The number of carbonyl (C=O) groups excluding carboxylic acids is 2. The fourth-order valence-corrected chi connectivity index (χ4v) is 2.65. The second kappa shape index (κ2) is 7.09. The van der Waals surface area contributed by atoms with Crippen LogP contribution in [0.15, 0.2) is 30.4 Å². The van der Waals surface area contributed by atoms with Crippen LogP contribution in [-0.2, 0) is 14.3 Å². The van der Waals surface area contributed by atoms with Crippen LogP contribution in [0.2, 0.25) is 0 Å². The summed E-state index contributed by atoms with van der Waals surface area (Å²) in [7, 11) is 1.30. The standard InChI is InChI=1S/C17H19NO5/c1-10-9-11(17(22)23-2)7-8-14(10)18-15(19)12-5-3-4-6-13(12)16(20)21/h3-4,7-9,12-13H,5-6H2,1-2H3,(H,18,19)(H,20,21)/t12-,13-/m1/s1. The van der Waals surface area contributed by atoms with E-state index in [1.807, 2.05) is 6.08 Å². The molecule has 0 unspecified atom stereocenters. The van der Waals surface area contributed by atoms with Crippen LogP contribution in [-0.4, -0.2) is 30.1 Å². The van der Waals surface area contributed by atoms with Crippen LogP contribution in [0.5, 0.6) is 0 Å². The first-order chi connectivity index (χ1) is 10.9. The molecule has 0 fully saturated rings. The molecule has 0 heterocycles. The summed E-state index contributed by atoms with van der Waals surface area (Å²) in [5.41, 5.74) is 1.66. The van der Waals surface area contributed by atoms with Gasteiger partial charge in [-0.15, -0.1) is 0 Å². The van der Waals surface area contributed by atoms with Gasteiger partial charge in [0, 0.05) is 5.69 Å². The summed E-state index contributed by atoms with van der Waals surface area (Å²) < 4.78 is 4.65. The van der Waals surface area contributed by atoms with Crippen molar-refractivity contribution >= 4 is 23.5 Å². The highest BCUT2D eigenvalue weighted by Crippen LogP contribution is 2.28. The second-order valence-corrected chi connectivity index (χ2v) is 5.50. The number of carboxylic acid groups (broad SMARTS) is 1. The zero-order chi connectivity index (χ0) is 17.0. The number of hydrogen-bond donors (Lipinski definition) is 2. The molecule has 1 aliphatic rings. The van der Waals surface area contributed by atoms with Crippen LogP contribution in [0, 0.1) is 18.8 Å². The molecule has 122 valence electrons. The van der Waals surface area contributed by atoms with E-state index >= 15 is 0 Å². The lowest BCUT2D eigenvalue weighted by atomic mass is 9.82. The Labute approximate surface area is 134 Å². The van der Waals surface area contributed by atoms with Gasteiger partial charge in [0.15, 0.2) is 0 Å². The van der Waals surface area contributed by atoms with E-state index in [9.17, 15) is 19.5 Å². The third-order valence-corrected chi connectivity index (χ3v) is 3.99. The zero-order valence-corrected chi connectivity index (χ0v) is 13.0. The Morgan fingerprint density at radius 3 is 2.39 bits per heavy atom. The molecule has 0 saturated carbocycles. The van der Waals surface area contributed by atoms with Gasteiger partial charge in [0.05, 0.1) is 24.5 Å². The molecule has 2 rings (SSSR count). The number of carbonyl (C=O) groups is 3. The summed E-state index contributed by atoms with van der Waals surface area (Å²) in [4.78, 5) is 35.2. The minimum Gasteiger partial charge on any atom is -0.481 e. The van der Waals surface area contributed by atoms with Crippen molar-refractivity contribution < 1.29 is 24.2 Å². The molecule has 1 aromatic carbocycles. The normalized spacial score (nSPS) is 19.9. The van der Waals surface area contributed by atoms with E-state index in [2.05, 4.69) is 10.1 Å². The van der Waals surface area contributed by atoms with E-state index in [0.717, 1.165) is 0 Å². The Morgan fingerprint density at radius 1 is 1.17 bits per heavy atom. The van der Waals surface area contributed by atoms with E-state index in [-0.39, 0.29) is 5.91 Å². The Kier molecular flexibility index (Phi) is 5.16. The topological polar surface area (TPSA) is 92.7 Å². The molecule has 0 spiro atoms. The SMILES string of the molecule is COC(=O)c1ccc(NC(=O)[C@@H]2CC=CC[C@H]2C(=O)O)c(C)c1. The molecule has 2 atom stereocenters. The number of aryl methyl sites for hydroxylation is 1. The number of anilines is 1. The highest BCUT2D eigenvalue weighted by molar-refractivity contribution is 5.97.